The minimum Gasteiger partial charge on any atom is -0.332 e. The van der Waals surface area contributed by atoms with Gasteiger partial charge >= 0.3 is 0 Å². The van der Waals surface area contributed by atoms with E-state index >= 15 is 0 Å². The molecule has 1 amide bonds. The van der Waals surface area contributed by atoms with E-state index in [1.54, 1.807) is 0 Å². The molecule has 28 heavy (non-hydrogen) atoms. The van der Waals surface area contributed by atoms with E-state index in [9.17, 15) is 4.79 Å². The van der Waals surface area contributed by atoms with E-state index in [0.717, 1.165) is 22.0 Å². The van der Waals surface area contributed by atoms with Crippen molar-refractivity contribution in [1.29, 1.82) is 0 Å². The second-order valence-electron chi connectivity index (χ2n) is 6.18. The van der Waals surface area contributed by atoms with E-state index in [2.05, 4.69) is 16.0 Å². The van der Waals surface area contributed by atoms with E-state index in [1.807, 2.05) is 85.8 Å². The lowest BCUT2D eigenvalue weighted by molar-refractivity contribution is -0.113. The maximum atomic E-state index is 12.1. The van der Waals surface area contributed by atoms with Gasteiger partial charge in [-0.1, -0.05) is 42.0 Å². The number of thioether (sulfide) groups is 1. The third-order valence-electron chi connectivity index (χ3n) is 3.83. The highest BCUT2D eigenvalue weighted by atomic mass is 32.2. The van der Waals surface area contributed by atoms with Crippen LogP contribution in [0.4, 0.5) is 17.1 Å². The normalized spacial score (nSPS) is 10.2. The van der Waals surface area contributed by atoms with E-state index in [0.29, 0.717) is 10.9 Å². The zero-order valence-corrected chi connectivity index (χ0v) is 17.1. The summed E-state index contributed by atoms with van der Waals surface area (Å²) in [5, 5.41) is 9.75. The Morgan fingerprint density at radius 1 is 0.821 bits per heavy atom. The molecule has 0 saturated carbocycles. The molecule has 142 valence electrons. The summed E-state index contributed by atoms with van der Waals surface area (Å²) in [6.45, 7) is 2.05. The molecule has 0 spiro atoms. The Bertz CT molecular complexity index is 944. The van der Waals surface area contributed by atoms with Gasteiger partial charge in [0.25, 0.3) is 0 Å². The summed E-state index contributed by atoms with van der Waals surface area (Å²) < 4.78 is 0. The van der Waals surface area contributed by atoms with Gasteiger partial charge in [-0.25, -0.2) is 0 Å². The monoisotopic (exact) mass is 407 g/mol. The Morgan fingerprint density at radius 2 is 1.46 bits per heavy atom. The smallest absolute Gasteiger partial charge is 0.234 e. The molecule has 0 aliphatic heterocycles. The highest BCUT2D eigenvalue weighted by Crippen LogP contribution is 2.22. The fraction of sp³-hybridized carbons (Fsp3) is 0.0909. The molecule has 4 nitrogen and oxygen atoms in total. The molecule has 0 heterocycles. The van der Waals surface area contributed by atoms with Crippen molar-refractivity contribution in [1.82, 2.24) is 0 Å². The zero-order chi connectivity index (χ0) is 19.8. The molecule has 3 aromatic carbocycles. The standard InChI is InChI=1S/C22H21N3OS2/c1-16-10-12-18(13-11-16)24-22(27)25-19-8-5-9-20(14-19)28-15-21(26)23-17-6-3-2-4-7-17/h2-14H,15H2,1H3,(H,23,26)(H2,24,25,27). The molecule has 3 aromatic rings. The lowest BCUT2D eigenvalue weighted by atomic mass is 10.2. The van der Waals surface area contributed by atoms with Crippen LogP contribution in [0.15, 0.2) is 83.8 Å². The van der Waals surface area contributed by atoms with Crippen molar-refractivity contribution in [2.45, 2.75) is 11.8 Å². The second-order valence-corrected chi connectivity index (χ2v) is 7.63. The highest BCUT2D eigenvalue weighted by molar-refractivity contribution is 8.00. The zero-order valence-electron chi connectivity index (χ0n) is 15.4. The molecule has 0 unspecified atom stereocenters. The minimum atomic E-state index is -0.0360. The van der Waals surface area contributed by atoms with Gasteiger partial charge in [-0.15, -0.1) is 11.8 Å². The molecule has 3 rings (SSSR count). The number of aryl methyl sites for hydroxylation is 1. The number of anilines is 3. The average molecular weight is 408 g/mol. The molecule has 0 aliphatic carbocycles. The number of carbonyl (C=O) groups is 1. The summed E-state index contributed by atoms with van der Waals surface area (Å²) in [4.78, 5) is 13.1. The Morgan fingerprint density at radius 3 is 2.21 bits per heavy atom. The molecule has 0 saturated heterocycles. The molecule has 3 N–H and O–H groups in total. The van der Waals surface area contributed by atoms with Crippen LogP contribution in [0.1, 0.15) is 5.56 Å². The van der Waals surface area contributed by atoms with Gasteiger partial charge in [0.1, 0.15) is 0 Å². The highest BCUT2D eigenvalue weighted by Gasteiger charge is 2.05. The Hall–Kier alpha value is -2.83. The molecule has 0 bridgehead atoms. The molecule has 6 heteroatoms. The van der Waals surface area contributed by atoms with Crippen LogP contribution in [0, 0.1) is 6.92 Å². The van der Waals surface area contributed by atoms with E-state index in [-0.39, 0.29) is 5.91 Å². The Balaban J connectivity index is 1.51. The topological polar surface area (TPSA) is 53.2 Å². The van der Waals surface area contributed by atoms with Gasteiger partial charge in [0.2, 0.25) is 5.91 Å². The summed E-state index contributed by atoms with van der Waals surface area (Å²) in [7, 11) is 0. The maximum absolute atomic E-state index is 12.1. The second kappa shape index (κ2) is 9.92. The fourth-order valence-corrected chi connectivity index (χ4v) is 3.45. The van der Waals surface area contributed by atoms with Crippen molar-refractivity contribution in [2.75, 3.05) is 21.7 Å². The Kier molecular flexibility index (Phi) is 7.06. The van der Waals surface area contributed by atoms with Crippen LogP contribution in [-0.2, 0) is 4.79 Å². The van der Waals surface area contributed by atoms with Crippen molar-refractivity contribution in [3.63, 3.8) is 0 Å². The minimum absolute atomic E-state index is 0.0360. The molecule has 0 atom stereocenters. The largest absolute Gasteiger partial charge is 0.332 e. The van der Waals surface area contributed by atoms with Gasteiger partial charge < -0.3 is 16.0 Å². The van der Waals surface area contributed by atoms with Crippen LogP contribution in [0.25, 0.3) is 0 Å². The van der Waals surface area contributed by atoms with Gasteiger partial charge in [0.15, 0.2) is 5.11 Å². The number of hydrogen-bond donors (Lipinski definition) is 3. The van der Waals surface area contributed by atoms with Crippen LogP contribution in [-0.4, -0.2) is 16.8 Å². The predicted octanol–water partition coefficient (Wildman–Crippen LogP) is 5.53. The van der Waals surface area contributed by atoms with Crippen LogP contribution in [0.2, 0.25) is 0 Å². The summed E-state index contributed by atoms with van der Waals surface area (Å²) in [5.41, 5.74) is 3.81. The van der Waals surface area contributed by atoms with Gasteiger partial charge in [0.05, 0.1) is 5.75 Å². The Labute approximate surface area is 174 Å². The van der Waals surface area contributed by atoms with Gasteiger partial charge in [0, 0.05) is 22.0 Å². The molecular weight excluding hydrogens is 386 g/mol. The van der Waals surface area contributed by atoms with E-state index in [1.165, 1.54) is 17.3 Å². The lowest BCUT2D eigenvalue weighted by Crippen LogP contribution is -2.19. The van der Waals surface area contributed by atoms with Crippen LogP contribution in [0.5, 0.6) is 0 Å². The molecule has 0 radical (unpaired) electrons. The van der Waals surface area contributed by atoms with Crippen molar-refractivity contribution in [2.24, 2.45) is 0 Å². The van der Waals surface area contributed by atoms with Crippen LogP contribution in [0.3, 0.4) is 0 Å². The molecule has 0 aliphatic rings. The first-order valence-corrected chi connectivity index (χ1v) is 10.2. The summed E-state index contributed by atoms with van der Waals surface area (Å²) in [6.07, 6.45) is 0. The third kappa shape index (κ3) is 6.40. The number of carbonyl (C=O) groups excluding carboxylic acids is 1. The first-order valence-electron chi connectivity index (χ1n) is 8.81. The number of thiocarbonyl (C=S) groups is 1. The number of para-hydroxylation sites is 1. The third-order valence-corrected chi connectivity index (χ3v) is 5.03. The first-order chi connectivity index (χ1) is 13.6. The maximum Gasteiger partial charge on any atom is 0.234 e. The molecule has 0 aromatic heterocycles. The van der Waals surface area contributed by atoms with E-state index < -0.39 is 0 Å². The van der Waals surface area contributed by atoms with Crippen molar-refractivity contribution in [3.05, 3.63) is 84.4 Å². The summed E-state index contributed by atoms with van der Waals surface area (Å²) in [6, 6.07) is 25.3. The molecule has 0 fully saturated rings. The van der Waals surface area contributed by atoms with Crippen molar-refractivity contribution < 1.29 is 4.79 Å². The first kappa shape index (κ1) is 19.9. The number of benzene rings is 3. The van der Waals surface area contributed by atoms with Crippen LogP contribution < -0.4 is 16.0 Å². The number of nitrogens with one attached hydrogen (secondary N) is 3. The van der Waals surface area contributed by atoms with Gasteiger partial charge in [-0.2, -0.15) is 0 Å². The average Bonchev–Trinajstić information content (AvgIpc) is 2.69. The lowest BCUT2D eigenvalue weighted by Gasteiger charge is -2.12. The molecular formula is C22H21N3OS2. The summed E-state index contributed by atoms with van der Waals surface area (Å²) >= 11 is 6.86. The summed E-state index contributed by atoms with van der Waals surface area (Å²) in [5.74, 6) is 0.302. The van der Waals surface area contributed by atoms with Crippen LogP contribution >= 0.6 is 24.0 Å². The number of hydrogen-bond acceptors (Lipinski definition) is 3. The quantitative estimate of drug-likeness (QED) is 0.370. The predicted molar refractivity (Wildman–Crippen MR) is 123 cm³/mol. The van der Waals surface area contributed by atoms with E-state index in [4.69, 9.17) is 12.2 Å². The van der Waals surface area contributed by atoms with Gasteiger partial charge in [-0.3, -0.25) is 4.79 Å². The van der Waals surface area contributed by atoms with Gasteiger partial charge in [-0.05, 0) is 61.6 Å². The number of rotatable bonds is 6. The van der Waals surface area contributed by atoms with Crippen molar-refractivity contribution in [3.8, 4) is 0 Å². The SMILES string of the molecule is Cc1ccc(NC(=S)Nc2cccc(SCC(=O)Nc3ccccc3)c2)cc1. The fourth-order valence-electron chi connectivity index (χ4n) is 2.46. The van der Waals surface area contributed by atoms with Crippen molar-refractivity contribution >= 4 is 52.1 Å². The number of amides is 1.